The van der Waals surface area contributed by atoms with Gasteiger partial charge >= 0.3 is 5.97 Å². The molecule has 0 aromatic heterocycles. The van der Waals surface area contributed by atoms with E-state index in [-0.39, 0.29) is 65.6 Å². The largest absolute Gasteiger partial charge is 0.459 e. The molecule has 50 heavy (non-hydrogen) atoms. The molecule has 276 valence electrons. The summed E-state index contributed by atoms with van der Waals surface area (Å²) in [7, 11) is 0. The molecule has 2 saturated heterocycles. The zero-order chi connectivity index (χ0) is 36.7. The molecule has 2 aromatic carbocycles. The molecule has 7 nitrogen and oxygen atoms in total. The Morgan fingerprint density at radius 2 is 1.22 bits per heavy atom. The van der Waals surface area contributed by atoms with Gasteiger partial charge in [0.1, 0.15) is 17.3 Å². The third kappa shape index (κ3) is 7.47. The van der Waals surface area contributed by atoms with Gasteiger partial charge in [-0.05, 0) is 106 Å². The van der Waals surface area contributed by atoms with Gasteiger partial charge in [-0.2, -0.15) is 0 Å². The number of benzene rings is 2. The van der Waals surface area contributed by atoms with Crippen LogP contribution in [0.3, 0.4) is 0 Å². The van der Waals surface area contributed by atoms with Crippen LogP contribution in [-0.4, -0.2) is 58.3 Å². The molecule has 0 radical (unpaired) electrons. The molecule has 4 aliphatic rings. The Balaban J connectivity index is 0.000000219. The number of carbonyl (C=O) groups is 3. The number of esters is 1. The molecule has 0 spiro atoms. The Labute approximate surface area is 300 Å². The van der Waals surface area contributed by atoms with Crippen molar-refractivity contribution in [2.24, 2.45) is 47.3 Å². The maximum Gasteiger partial charge on any atom is 0.338 e. The number of rotatable bonds is 8. The first-order chi connectivity index (χ1) is 23.5. The predicted octanol–water partition coefficient (Wildman–Crippen LogP) is 8.62. The van der Waals surface area contributed by atoms with Crippen LogP contribution in [0.5, 0.6) is 0 Å². The number of ketones is 2. The van der Waals surface area contributed by atoms with Crippen molar-refractivity contribution in [3.63, 3.8) is 0 Å². The van der Waals surface area contributed by atoms with Crippen molar-refractivity contribution in [3.8, 4) is 0 Å². The van der Waals surface area contributed by atoms with Crippen LogP contribution in [0.1, 0.15) is 118 Å². The third-order valence-electron chi connectivity index (χ3n) is 13.1. The Hall–Kier alpha value is -2.61. The van der Waals surface area contributed by atoms with Crippen molar-refractivity contribution in [2.45, 2.75) is 143 Å². The molecular weight excluding hydrogens is 628 g/mol. The Kier molecular flexibility index (Phi) is 11.7. The first-order valence-electron chi connectivity index (χ1n) is 19.3. The number of hydrogen-bond donors (Lipinski definition) is 1. The van der Waals surface area contributed by atoms with E-state index in [0.29, 0.717) is 42.1 Å². The van der Waals surface area contributed by atoms with Gasteiger partial charge in [-0.1, -0.05) is 71.9 Å². The van der Waals surface area contributed by atoms with Gasteiger partial charge in [0.15, 0.2) is 11.6 Å². The van der Waals surface area contributed by atoms with Gasteiger partial charge in [-0.25, -0.2) is 4.79 Å². The molecule has 0 amide bonds. The van der Waals surface area contributed by atoms with E-state index in [2.05, 4.69) is 41.5 Å². The van der Waals surface area contributed by atoms with Gasteiger partial charge in [0, 0.05) is 30.6 Å². The van der Waals surface area contributed by atoms with Crippen molar-refractivity contribution in [3.05, 3.63) is 48.0 Å². The van der Waals surface area contributed by atoms with Crippen molar-refractivity contribution in [1.82, 2.24) is 0 Å². The first-order valence-corrected chi connectivity index (χ1v) is 19.3. The first kappa shape index (κ1) is 38.6. The summed E-state index contributed by atoms with van der Waals surface area (Å²) >= 11 is 0. The maximum atomic E-state index is 13.0. The van der Waals surface area contributed by atoms with Crippen LogP contribution in [0, 0.1) is 47.3 Å². The predicted molar refractivity (Wildman–Crippen MR) is 197 cm³/mol. The second-order valence-electron chi connectivity index (χ2n) is 17.2. The summed E-state index contributed by atoms with van der Waals surface area (Å²) in [4.78, 5) is 38.4. The SMILES string of the molecule is CC(C)C1CC(=O)C(C)(C2CCC(C)C2C(C)O)O1.CC(C)C1CC(=O)C(C)(C2CCC(C)C2C(C)OC(=O)c2ccc3ccccc3c2)O1. The normalized spacial score (nSPS) is 37.0. The number of fused-ring (bicyclic) bond motifs is 1. The summed E-state index contributed by atoms with van der Waals surface area (Å²) in [5.74, 6) is 2.16. The van der Waals surface area contributed by atoms with Gasteiger partial charge in [0.25, 0.3) is 0 Å². The topological polar surface area (TPSA) is 99.1 Å². The van der Waals surface area contributed by atoms with E-state index in [1.54, 1.807) is 0 Å². The lowest BCUT2D eigenvalue weighted by atomic mass is 9.75. The number of carbonyl (C=O) groups excluding carboxylic acids is 3. The van der Waals surface area contributed by atoms with Crippen LogP contribution in [-0.2, 0) is 23.8 Å². The molecule has 2 aromatic rings. The third-order valence-corrected chi connectivity index (χ3v) is 13.1. The van der Waals surface area contributed by atoms with Gasteiger partial charge in [-0.3, -0.25) is 9.59 Å². The summed E-state index contributed by atoms with van der Waals surface area (Å²) in [6.07, 6.45) is 4.41. The average molecular weight is 691 g/mol. The van der Waals surface area contributed by atoms with Crippen LogP contribution < -0.4 is 0 Å². The van der Waals surface area contributed by atoms with E-state index in [1.165, 1.54) is 0 Å². The number of aliphatic hydroxyl groups excluding tert-OH is 1. The molecule has 2 heterocycles. The fourth-order valence-corrected chi connectivity index (χ4v) is 9.91. The Morgan fingerprint density at radius 3 is 1.70 bits per heavy atom. The molecule has 2 aliphatic heterocycles. The van der Waals surface area contributed by atoms with E-state index >= 15 is 0 Å². The number of Topliss-reactive ketones (excluding diaryl/α,β-unsaturated/α-hetero) is 2. The quantitative estimate of drug-likeness (QED) is 0.277. The van der Waals surface area contributed by atoms with E-state index in [9.17, 15) is 19.5 Å². The summed E-state index contributed by atoms with van der Waals surface area (Å²) in [5.41, 5.74) is -0.901. The minimum atomic E-state index is -0.784. The van der Waals surface area contributed by atoms with E-state index in [1.807, 2.05) is 70.2 Å². The standard InChI is InChI=1S/C27H34O4.C16H28O3/c1-16(2)23-15-24(28)27(5,31-23)22-13-10-17(3)25(22)18(4)30-26(29)21-12-11-19-8-6-7-9-20(19)14-21;1-9(2)13-8-14(18)16(5,19-13)12-7-6-10(3)15(12)11(4)17/h6-9,11-12,14,16-18,22-23,25H,10,13,15H2,1-5H3;9-13,15,17H,6-8H2,1-5H3. The molecule has 0 bridgehead atoms. The van der Waals surface area contributed by atoms with Crippen LogP contribution in [0.2, 0.25) is 0 Å². The van der Waals surface area contributed by atoms with Crippen molar-refractivity contribution in [1.29, 1.82) is 0 Å². The van der Waals surface area contributed by atoms with Crippen molar-refractivity contribution < 1.29 is 33.7 Å². The number of aliphatic hydroxyl groups is 1. The highest BCUT2D eigenvalue weighted by Gasteiger charge is 2.57. The van der Waals surface area contributed by atoms with E-state index < -0.39 is 11.2 Å². The monoisotopic (exact) mass is 690 g/mol. The molecule has 7 heteroatoms. The summed E-state index contributed by atoms with van der Waals surface area (Å²) in [5, 5.41) is 12.2. The zero-order valence-electron chi connectivity index (χ0n) is 32.1. The minimum absolute atomic E-state index is 0.0236. The Morgan fingerprint density at radius 1 is 0.740 bits per heavy atom. The lowest BCUT2D eigenvalue weighted by Crippen LogP contribution is -2.47. The summed E-state index contributed by atoms with van der Waals surface area (Å²) in [6.45, 7) is 20.5. The molecular formula is C43H62O7. The molecule has 12 atom stereocenters. The number of hydrogen-bond acceptors (Lipinski definition) is 7. The van der Waals surface area contributed by atoms with Crippen molar-refractivity contribution in [2.75, 3.05) is 0 Å². The van der Waals surface area contributed by atoms with Gasteiger partial charge in [0.05, 0.1) is 23.9 Å². The number of ether oxygens (including phenoxy) is 3. The highest BCUT2D eigenvalue weighted by atomic mass is 16.5. The fourth-order valence-electron chi connectivity index (χ4n) is 9.91. The van der Waals surface area contributed by atoms with Crippen LogP contribution in [0.25, 0.3) is 10.8 Å². The molecule has 2 saturated carbocycles. The maximum absolute atomic E-state index is 13.0. The molecule has 4 fully saturated rings. The highest BCUT2D eigenvalue weighted by molar-refractivity contribution is 5.95. The lowest BCUT2D eigenvalue weighted by Gasteiger charge is -2.38. The smallest absolute Gasteiger partial charge is 0.338 e. The van der Waals surface area contributed by atoms with Crippen LogP contribution >= 0.6 is 0 Å². The molecule has 2 aliphatic carbocycles. The summed E-state index contributed by atoms with van der Waals surface area (Å²) in [6, 6.07) is 13.6. The zero-order valence-corrected chi connectivity index (χ0v) is 32.1. The van der Waals surface area contributed by atoms with Gasteiger partial charge < -0.3 is 19.3 Å². The average Bonchev–Trinajstić information content (AvgIpc) is 3.81. The molecule has 6 rings (SSSR count). The highest BCUT2D eigenvalue weighted by Crippen LogP contribution is 2.51. The lowest BCUT2D eigenvalue weighted by molar-refractivity contribution is -0.145. The summed E-state index contributed by atoms with van der Waals surface area (Å²) < 4.78 is 18.5. The van der Waals surface area contributed by atoms with Crippen LogP contribution in [0.15, 0.2) is 42.5 Å². The molecule has 1 N–H and O–H groups in total. The molecule has 12 unspecified atom stereocenters. The fraction of sp³-hybridized carbons (Fsp3) is 0.698. The second kappa shape index (κ2) is 15.2. The van der Waals surface area contributed by atoms with E-state index in [0.717, 1.165) is 36.5 Å². The van der Waals surface area contributed by atoms with Gasteiger partial charge in [0.2, 0.25) is 0 Å². The van der Waals surface area contributed by atoms with Crippen molar-refractivity contribution >= 4 is 28.3 Å². The second-order valence-corrected chi connectivity index (χ2v) is 17.2. The minimum Gasteiger partial charge on any atom is -0.459 e. The van der Waals surface area contributed by atoms with E-state index in [4.69, 9.17) is 14.2 Å². The van der Waals surface area contributed by atoms with Crippen LogP contribution in [0.4, 0.5) is 0 Å². The van der Waals surface area contributed by atoms with Gasteiger partial charge in [-0.15, -0.1) is 0 Å². The Bertz CT molecular complexity index is 1530.